The number of benzene rings is 1. The summed E-state index contributed by atoms with van der Waals surface area (Å²) in [4.78, 5) is 0. The van der Waals surface area contributed by atoms with Gasteiger partial charge in [0.15, 0.2) is 0 Å². The highest BCUT2D eigenvalue weighted by Crippen LogP contribution is 2.34. The van der Waals surface area contributed by atoms with Crippen LogP contribution < -0.4 is 5.73 Å². The van der Waals surface area contributed by atoms with Crippen LogP contribution >= 0.6 is 38.9 Å². The lowest BCUT2D eigenvalue weighted by atomic mass is 10.2. The average Bonchev–Trinajstić information content (AvgIpc) is 2.70. The first-order chi connectivity index (χ1) is 7.22. The van der Waals surface area contributed by atoms with E-state index in [1.54, 1.807) is 0 Å². The molecule has 0 bridgehead atoms. The summed E-state index contributed by atoms with van der Waals surface area (Å²) in [7, 11) is 0. The van der Waals surface area contributed by atoms with Crippen LogP contribution in [0.25, 0.3) is 10.6 Å². The van der Waals surface area contributed by atoms with E-state index in [1.807, 2.05) is 18.2 Å². The first kappa shape index (κ1) is 11.0. The van der Waals surface area contributed by atoms with Crippen LogP contribution in [0.2, 0.25) is 5.02 Å². The third-order valence-corrected chi connectivity index (χ3v) is 4.10. The molecule has 0 radical (unpaired) electrons. The Bertz CT molecular complexity index is 486. The van der Waals surface area contributed by atoms with E-state index in [0.717, 1.165) is 20.1 Å². The summed E-state index contributed by atoms with van der Waals surface area (Å²) in [5.41, 5.74) is 6.35. The molecule has 0 atom stereocenters. The Hall–Kier alpha value is -0.490. The smallest absolute Gasteiger partial charge is 0.149 e. The van der Waals surface area contributed by atoms with Crippen LogP contribution in [0.1, 0.15) is 5.01 Å². The molecular weight excluding hydrogens is 298 g/mol. The summed E-state index contributed by atoms with van der Waals surface area (Å²) in [6.45, 7) is 0.406. The number of aromatic nitrogens is 2. The van der Waals surface area contributed by atoms with Crippen LogP contribution in [-0.2, 0) is 6.54 Å². The zero-order valence-corrected chi connectivity index (χ0v) is 10.7. The van der Waals surface area contributed by atoms with Gasteiger partial charge in [-0.25, -0.2) is 0 Å². The fraction of sp³-hybridized carbons (Fsp3) is 0.111. The Balaban J connectivity index is 2.49. The summed E-state index contributed by atoms with van der Waals surface area (Å²) < 4.78 is 0.853. The molecule has 0 unspecified atom stereocenters. The Kier molecular flexibility index (Phi) is 3.35. The number of nitrogens with zero attached hydrogens (tertiary/aromatic N) is 2. The van der Waals surface area contributed by atoms with Crippen LogP contribution in [0.3, 0.4) is 0 Å². The molecule has 0 saturated carbocycles. The van der Waals surface area contributed by atoms with Crippen LogP contribution in [-0.4, -0.2) is 10.2 Å². The van der Waals surface area contributed by atoms with Crippen molar-refractivity contribution < 1.29 is 0 Å². The van der Waals surface area contributed by atoms with Gasteiger partial charge in [0.1, 0.15) is 10.0 Å². The molecule has 0 fully saturated rings. The van der Waals surface area contributed by atoms with E-state index in [0.29, 0.717) is 11.6 Å². The number of nitrogens with two attached hydrogens (primary N) is 1. The summed E-state index contributed by atoms with van der Waals surface area (Å²) in [6.07, 6.45) is 0. The Labute approximate surface area is 104 Å². The third kappa shape index (κ3) is 2.20. The fourth-order valence-corrected chi connectivity index (χ4v) is 2.50. The van der Waals surface area contributed by atoms with Gasteiger partial charge in [-0.1, -0.05) is 35.1 Å². The molecule has 0 aliphatic carbocycles. The molecule has 0 saturated heterocycles. The number of hydrogen-bond acceptors (Lipinski definition) is 4. The van der Waals surface area contributed by atoms with E-state index >= 15 is 0 Å². The maximum absolute atomic E-state index is 6.14. The van der Waals surface area contributed by atoms with Crippen LogP contribution in [0.15, 0.2) is 22.7 Å². The highest BCUT2D eigenvalue weighted by atomic mass is 79.9. The predicted octanol–water partition coefficient (Wildman–Crippen LogP) is 3.08. The molecule has 3 nitrogen and oxygen atoms in total. The topological polar surface area (TPSA) is 51.8 Å². The molecule has 2 aromatic rings. The monoisotopic (exact) mass is 303 g/mol. The molecule has 0 spiro atoms. The molecule has 1 heterocycles. The minimum Gasteiger partial charge on any atom is -0.324 e. The number of halogens is 2. The van der Waals surface area contributed by atoms with Gasteiger partial charge in [-0.15, -0.1) is 10.2 Å². The molecule has 6 heteroatoms. The van der Waals surface area contributed by atoms with Crippen LogP contribution in [0.5, 0.6) is 0 Å². The maximum atomic E-state index is 6.14. The van der Waals surface area contributed by atoms with Crippen LogP contribution in [0.4, 0.5) is 0 Å². The molecule has 0 aliphatic heterocycles. The molecule has 1 aromatic carbocycles. The summed E-state index contributed by atoms with van der Waals surface area (Å²) in [6, 6.07) is 5.71. The second kappa shape index (κ2) is 4.57. The highest BCUT2D eigenvalue weighted by molar-refractivity contribution is 9.10. The molecular formula is C9H7BrClN3S. The molecule has 2 rings (SSSR count). The van der Waals surface area contributed by atoms with Crippen molar-refractivity contribution >= 4 is 38.9 Å². The van der Waals surface area contributed by atoms with E-state index in [-0.39, 0.29) is 0 Å². The predicted molar refractivity (Wildman–Crippen MR) is 65.9 cm³/mol. The summed E-state index contributed by atoms with van der Waals surface area (Å²) in [5.74, 6) is 0. The minimum atomic E-state index is 0.406. The second-order valence-electron chi connectivity index (χ2n) is 2.81. The van der Waals surface area contributed by atoms with Crippen LogP contribution in [0, 0.1) is 0 Å². The highest BCUT2D eigenvalue weighted by Gasteiger charge is 2.10. The van der Waals surface area contributed by atoms with Crippen molar-refractivity contribution in [2.75, 3.05) is 0 Å². The lowest BCUT2D eigenvalue weighted by Crippen LogP contribution is -1.94. The van der Waals surface area contributed by atoms with Crippen molar-refractivity contribution in [3.05, 3.63) is 32.7 Å². The van der Waals surface area contributed by atoms with Crippen molar-refractivity contribution in [2.45, 2.75) is 6.54 Å². The fourth-order valence-electron chi connectivity index (χ4n) is 1.11. The first-order valence-corrected chi connectivity index (χ1v) is 6.18. The van der Waals surface area contributed by atoms with Crippen molar-refractivity contribution in [3.63, 3.8) is 0 Å². The van der Waals surface area contributed by atoms with Crippen molar-refractivity contribution in [1.29, 1.82) is 0 Å². The van der Waals surface area contributed by atoms with Crippen molar-refractivity contribution in [1.82, 2.24) is 10.2 Å². The number of rotatable bonds is 2. The standard InChI is InChI=1S/C9H7BrClN3S/c10-6-3-1-2-5(8(6)11)9-14-13-7(4-12)15-9/h1-3H,4,12H2. The Morgan fingerprint density at radius 1 is 1.40 bits per heavy atom. The normalized spacial score (nSPS) is 10.6. The SMILES string of the molecule is NCc1nnc(-c2cccc(Br)c2Cl)s1. The third-order valence-electron chi connectivity index (χ3n) is 1.82. The maximum Gasteiger partial charge on any atom is 0.149 e. The minimum absolute atomic E-state index is 0.406. The lowest BCUT2D eigenvalue weighted by molar-refractivity contribution is 0.960. The van der Waals surface area contributed by atoms with Gasteiger partial charge in [-0.3, -0.25) is 0 Å². The lowest BCUT2D eigenvalue weighted by Gasteiger charge is -2.00. The largest absolute Gasteiger partial charge is 0.324 e. The summed E-state index contributed by atoms with van der Waals surface area (Å²) in [5, 5.41) is 10.2. The van der Waals surface area contributed by atoms with Gasteiger partial charge in [0.05, 0.1) is 5.02 Å². The van der Waals surface area contributed by atoms with Gasteiger partial charge in [0.25, 0.3) is 0 Å². The van der Waals surface area contributed by atoms with Gasteiger partial charge < -0.3 is 5.73 Å². The number of hydrogen-bond donors (Lipinski definition) is 1. The Morgan fingerprint density at radius 3 is 2.87 bits per heavy atom. The molecule has 0 aliphatic rings. The second-order valence-corrected chi connectivity index (χ2v) is 5.10. The molecule has 0 amide bonds. The van der Waals surface area contributed by atoms with Gasteiger partial charge in [0.2, 0.25) is 0 Å². The van der Waals surface area contributed by atoms with Gasteiger partial charge in [0, 0.05) is 16.6 Å². The first-order valence-electron chi connectivity index (χ1n) is 4.19. The van der Waals surface area contributed by atoms with E-state index in [4.69, 9.17) is 17.3 Å². The molecule has 1 aromatic heterocycles. The van der Waals surface area contributed by atoms with Crippen molar-refractivity contribution in [3.8, 4) is 10.6 Å². The zero-order chi connectivity index (χ0) is 10.8. The van der Waals surface area contributed by atoms with E-state index in [9.17, 15) is 0 Å². The molecule has 15 heavy (non-hydrogen) atoms. The zero-order valence-electron chi connectivity index (χ0n) is 7.58. The van der Waals surface area contributed by atoms with E-state index in [1.165, 1.54) is 11.3 Å². The van der Waals surface area contributed by atoms with E-state index < -0.39 is 0 Å². The quantitative estimate of drug-likeness (QED) is 0.927. The molecule has 2 N–H and O–H groups in total. The summed E-state index contributed by atoms with van der Waals surface area (Å²) >= 11 is 11.0. The van der Waals surface area contributed by atoms with Gasteiger partial charge >= 0.3 is 0 Å². The van der Waals surface area contributed by atoms with Gasteiger partial charge in [-0.2, -0.15) is 0 Å². The average molecular weight is 305 g/mol. The van der Waals surface area contributed by atoms with Crippen molar-refractivity contribution in [2.24, 2.45) is 5.73 Å². The van der Waals surface area contributed by atoms with Gasteiger partial charge in [-0.05, 0) is 22.0 Å². The van der Waals surface area contributed by atoms with E-state index in [2.05, 4.69) is 26.1 Å². The molecule has 78 valence electrons. The Morgan fingerprint density at radius 2 is 2.20 bits per heavy atom.